The average Bonchev–Trinajstić information content (AvgIpc) is 3.29. The van der Waals surface area contributed by atoms with Crippen LogP contribution in [0.4, 0.5) is 11.4 Å². The maximum atomic E-state index is 6.68. The molecule has 0 unspecified atom stereocenters. The highest BCUT2D eigenvalue weighted by molar-refractivity contribution is 5.85. The monoisotopic (exact) mass is 906 g/mol. The Morgan fingerprint density at radius 3 is 1.30 bits per heavy atom. The summed E-state index contributed by atoms with van der Waals surface area (Å²) in [5.41, 5.74) is 6.83. The second-order valence-electron chi connectivity index (χ2n) is 22.6. The molecule has 6 rings (SSSR count). The summed E-state index contributed by atoms with van der Waals surface area (Å²) < 4.78 is 13.4. The predicted octanol–water partition coefficient (Wildman–Crippen LogP) is 13.1. The fourth-order valence-electron chi connectivity index (χ4n) is 11.6. The Hall–Kier alpha value is -2.19. The molecule has 2 aliphatic heterocycles. The van der Waals surface area contributed by atoms with Crippen molar-refractivity contribution in [2.24, 2.45) is 28.6 Å². The Balaban J connectivity index is 0.00000771. The summed E-state index contributed by atoms with van der Waals surface area (Å²) in [6, 6.07) is 14.3. The van der Waals surface area contributed by atoms with Gasteiger partial charge in [0.25, 0.3) is 0 Å². The van der Waals surface area contributed by atoms with Crippen molar-refractivity contribution in [1.82, 2.24) is 15.1 Å². The third kappa shape index (κ3) is 15.4. The summed E-state index contributed by atoms with van der Waals surface area (Å²) in [7, 11) is 0. The molecule has 4 fully saturated rings. The molecule has 0 spiro atoms. The van der Waals surface area contributed by atoms with E-state index in [1.165, 1.54) is 102 Å². The van der Waals surface area contributed by atoms with E-state index in [1.54, 1.807) is 11.1 Å². The molecule has 64 heavy (non-hydrogen) atoms. The molecule has 0 radical (unpaired) electrons. The van der Waals surface area contributed by atoms with E-state index in [4.69, 9.17) is 9.47 Å². The molecule has 2 aromatic carbocycles. The highest BCUT2D eigenvalue weighted by Gasteiger charge is 2.34. The largest absolute Gasteiger partial charge is 0.494 e. The molecule has 2 saturated carbocycles. The van der Waals surface area contributed by atoms with Gasteiger partial charge in [0, 0.05) is 75.9 Å². The van der Waals surface area contributed by atoms with Gasteiger partial charge in [-0.15, -0.1) is 12.4 Å². The molecule has 2 aromatic rings. The number of ether oxygens (including phenoxy) is 2. The first-order valence-corrected chi connectivity index (χ1v) is 26.5. The standard InChI is InChI=1S/C56H95N5O2.ClH/c1-10-13-29-58-31-35-60(36-32-58)53-41-49(23-25-51(53)45-15-19-47(20-16-45)55(4,5)6)62-39-27-44(43-57-12-3)28-40-63-50-24-26-52(46-17-21-48(22-18-46)56(7,8)9)54(42-50)61-37-33-59(34-38-61)30-14-11-2;/h23-26,41-42,44-48,57H,10-22,27-40,43H2,1-9H3;1H. The molecule has 364 valence electrons. The van der Waals surface area contributed by atoms with Gasteiger partial charge in [-0.25, -0.2) is 0 Å². The Bertz CT molecular complexity index is 1490. The van der Waals surface area contributed by atoms with Crippen molar-refractivity contribution < 1.29 is 9.47 Å². The van der Waals surface area contributed by atoms with Gasteiger partial charge in [0.15, 0.2) is 0 Å². The second kappa shape index (κ2) is 25.8. The zero-order chi connectivity index (χ0) is 44.8. The fraction of sp³-hybridized carbons (Fsp3) is 0.786. The van der Waals surface area contributed by atoms with Gasteiger partial charge >= 0.3 is 0 Å². The van der Waals surface area contributed by atoms with E-state index in [1.807, 2.05) is 0 Å². The maximum absolute atomic E-state index is 6.68. The molecule has 0 bridgehead atoms. The molecule has 7 nitrogen and oxygen atoms in total. The zero-order valence-electron chi connectivity index (χ0n) is 42.7. The lowest BCUT2D eigenvalue weighted by Gasteiger charge is -2.40. The lowest BCUT2D eigenvalue weighted by atomic mass is 9.68. The second-order valence-corrected chi connectivity index (χ2v) is 22.6. The number of hydrogen-bond donors (Lipinski definition) is 1. The topological polar surface area (TPSA) is 43.5 Å². The van der Waals surface area contributed by atoms with Gasteiger partial charge in [-0.1, -0.05) is 87.3 Å². The summed E-state index contributed by atoms with van der Waals surface area (Å²) >= 11 is 0. The molecular weight excluding hydrogens is 810 g/mol. The third-order valence-electron chi connectivity index (χ3n) is 16.1. The van der Waals surface area contributed by atoms with Crippen molar-refractivity contribution in [1.29, 1.82) is 0 Å². The molecule has 0 aromatic heterocycles. The lowest BCUT2D eigenvalue weighted by molar-refractivity contribution is 0.169. The summed E-state index contributed by atoms with van der Waals surface area (Å²) in [6.07, 6.45) is 17.8. The highest BCUT2D eigenvalue weighted by Crippen LogP contribution is 2.47. The highest BCUT2D eigenvalue weighted by atomic mass is 35.5. The summed E-state index contributed by atoms with van der Waals surface area (Å²) in [5.74, 6) is 5.52. The Kier molecular flexibility index (Phi) is 21.3. The molecule has 1 N–H and O–H groups in total. The summed E-state index contributed by atoms with van der Waals surface area (Å²) in [6.45, 7) is 36.5. The van der Waals surface area contributed by atoms with Crippen molar-refractivity contribution in [3.8, 4) is 11.5 Å². The number of hydrogen-bond acceptors (Lipinski definition) is 7. The van der Waals surface area contributed by atoms with Crippen molar-refractivity contribution in [2.75, 3.05) is 102 Å². The van der Waals surface area contributed by atoms with E-state index in [9.17, 15) is 0 Å². The molecule has 4 aliphatic rings. The van der Waals surface area contributed by atoms with Crippen LogP contribution in [0.5, 0.6) is 11.5 Å². The Labute approximate surface area is 399 Å². The Morgan fingerprint density at radius 1 is 0.562 bits per heavy atom. The molecule has 2 aliphatic carbocycles. The van der Waals surface area contributed by atoms with Crippen LogP contribution in [-0.4, -0.2) is 102 Å². The third-order valence-corrected chi connectivity index (χ3v) is 16.1. The molecule has 0 amide bonds. The van der Waals surface area contributed by atoms with Crippen LogP contribution < -0.4 is 24.6 Å². The summed E-state index contributed by atoms with van der Waals surface area (Å²) in [5, 5.41) is 3.66. The number of nitrogens with one attached hydrogen (secondary N) is 1. The minimum Gasteiger partial charge on any atom is -0.494 e. The number of benzene rings is 2. The molecule has 8 heteroatoms. The van der Waals surface area contributed by atoms with E-state index in [0.717, 1.165) is 115 Å². The van der Waals surface area contributed by atoms with Gasteiger partial charge in [0.1, 0.15) is 11.5 Å². The maximum Gasteiger partial charge on any atom is 0.121 e. The van der Waals surface area contributed by atoms with Crippen molar-refractivity contribution >= 4 is 23.8 Å². The molecule has 2 saturated heterocycles. The summed E-state index contributed by atoms with van der Waals surface area (Å²) in [4.78, 5) is 10.7. The first-order valence-electron chi connectivity index (χ1n) is 26.5. The number of unbranched alkanes of at least 4 members (excludes halogenated alkanes) is 2. The minimum absolute atomic E-state index is 0. The quantitative estimate of drug-likeness (QED) is 0.134. The number of rotatable bonds is 21. The van der Waals surface area contributed by atoms with E-state index >= 15 is 0 Å². The predicted molar refractivity (Wildman–Crippen MR) is 278 cm³/mol. The van der Waals surface area contributed by atoms with Gasteiger partial charge in [0.2, 0.25) is 0 Å². The van der Waals surface area contributed by atoms with Crippen LogP contribution in [0, 0.1) is 28.6 Å². The lowest BCUT2D eigenvalue weighted by Crippen LogP contribution is -2.47. The first-order chi connectivity index (χ1) is 30.4. The number of nitrogens with zero attached hydrogens (tertiary/aromatic N) is 4. The fourth-order valence-corrected chi connectivity index (χ4v) is 11.6. The van der Waals surface area contributed by atoms with Crippen LogP contribution in [0.3, 0.4) is 0 Å². The van der Waals surface area contributed by atoms with Crippen molar-refractivity contribution in [3.63, 3.8) is 0 Å². The van der Waals surface area contributed by atoms with Crippen molar-refractivity contribution in [2.45, 2.75) is 164 Å². The molecule has 2 heterocycles. The van der Waals surface area contributed by atoms with Crippen LogP contribution in [0.1, 0.15) is 175 Å². The van der Waals surface area contributed by atoms with Gasteiger partial charge in [-0.2, -0.15) is 0 Å². The molecular formula is C56H96ClN5O2. The van der Waals surface area contributed by atoms with E-state index in [-0.39, 0.29) is 12.4 Å². The minimum atomic E-state index is 0. The van der Waals surface area contributed by atoms with E-state index < -0.39 is 0 Å². The van der Waals surface area contributed by atoms with Crippen molar-refractivity contribution in [3.05, 3.63) is 47.5 Å². The number of halogens is 1. The number of piperazine rings is 2. The Morgan fingerprint density at radius 2 is 0.953 bits per heavy atom. The van der Waals surface area contributed by atoms with Crippen LogP contribution >= 0.6 is 12.4 Å². The zero-order valence-corrected chi connectivity index (χ0v) is 43.5. The van der Waals surface area contributed by atoms with Crippen LogP contribution in [-0.2, 0) is 0 Å². The van der Waals surface area contributed by atoms with Crippen LogP contribution in [0.15, 0.2) is 36.4 Å². The van der Waals surface area contributed by atoms with E-state index in [2.05, 4.69) is 124 Å². The van der Waals surface area contributed by atoms with Gasteiger partial charge in [-0.05, 0) is 167 Å². The normalized spacial score (nSPS) is 23.5. The van der Waals surface area contributed by atoms with Crippen LogP contribution in [0.2, 0.25) is 0 Å². The smallest absolute Gasteiger partial charge is 0.121 e. The van der Waals surface area contributed by atoms with Gasteiger partial charge in [-0.3, -0.25) is 9.80 Å². The average molecular weight is 907 g/mol. The SMILES string of the molecule is CCCCN1CCN(c2cc(OCCC(CCOc3ccc(C4CCC(C(C)(C)C)CC4)c(N4CCN(CCCC)CC4)c3)CNCC)ccc2C2CCC(C(C)(C)C)CC2)CC1.Cl. The van der Waals surface area contributed by atoms with Crippen LogP contribution in [0.25, 0.3) is 0 Å². The molecule has 0 atom stereocenters. The number of anilines is 2. The first kappa shape index (κ1) is 52.8. The van der Waals surface area contributed by atoms with E-state index in [0.29, 0.717) is 28.6 Å². The van der Waals surface area contributed by atoms with Gasteiger partial charge < -0.3 is 24.6 Å². The van der Waals surface area contributed by atoms with Gasteiger partial charge in [0.05, 0.1) is 13.2 Å².